The van der Waals surface area contributed by atoms with Crippen molar-refractivity contribution in [1.82, 2.24) is 0 Å². The summed E-state index contributed by atoms with van der Waals surface area (Å²) >= 11 is 0. The summed E-state index contributed by atoms with van der Waals surface area (Å²) in [5.41, 5.74) is -0.231. The molecule has 6 heteroatoms. The molecule has 0 aliphatic carbocycles. The number of amides is 1. The first-order chi connectivity index (χ1) is 9.58. The minimum atomic E-state index is -0.752. The van der Waals surface area contributed by atoms with Gasteiger partial charge in [-0.15, -0.1) is 0 Å². The van der Waals surface area contributed by atoms with E-state index in [0.717, 1.165) is 25.5 Å². The molecule has 0 unspecified atom stereocenters. The molecule has 0 spiro atoms. The molecule has 1 amide bonds. The van der Waals surface area contributed by atoms with E-state index in [-0.39, 0.29) is 17.5 Å². The Morgan fingerprint density at radius 1 is 1.65 bits per heavy atom. The van der Waals surface area contributed by atoms with Crippen molar-refractivity contribution in [2.45, 2.75) is 32.0 Å². The lowest BCUT2D eigenvalue weighted by Gasteiger charge is -2.16. The molecule has 0 aromatic heterocycles. The Hall–Kier alpha value is -1.66. The van der Waals surface area contributed by atoms with Crippen molar-refractivity contribution in [3.05, 3.63) is 24.0 Å². The SMILES string of the molecule is C[C@H](OC[C@@H]1CCCO1)C(=O)Nc1c(O)cccc1F. The second kappa shape index (κ2) is 6.67. The lowest BCUT2D eigenvalue weighted by Crippen LogP contribution is -2.30. The molecule has 2 rings (SSSR count). The van der Waals surface area contributed by atoms with Crippen LogP contribution in [0.5, 0.6) is 5.75 Å². The third-order valence-electron chi connectivity index (χ3n) is 3.17. The van der Waals surface area contributed by atoms with Crippen LogP contribution in [0.2, 0.25) is 0 Å². The number of hydrogen-bond donors (Lipinski definition) is 2. The quantitative estimate of drug-likeness (QED) is 0.812. The molecule has 1 aromatic rings. The number of carbonyl (C=O) groups is 1. The number of anilines is 1. The lowest BCUT2D eigenvalue weighted by atomic mass is 10.2. The van der Waals surface area contributed by atoms with E-state index in [1.807, 2.05) is 0 Å². The van der Waals surface area contributed by atoms with Crippen LogP contribution in [0, 0.1) is 5.82 Å². The number of halogens is 1. The van der Waals surface area contributed by atoms with Crippen molar-refractivity contribution >= 4 is 11.6 Å². The minimum absolute atomic E-state index is 0.0205. The van der Waals surface area contributed by atoms with Gasteiger partial charge in [0.2, 0.25) is 0 Å². The lowest BCUT2D eigenvalue weighted by molar-refractivity contribution is -0.128. The van der Waals surface area contributed by atoms with E-state index in [2.05, 4.69) is 5.32 Å². The molecule has 1 fully saturated rings. The molecule has 0 radical (unpaired) electrons. The van der Waals surface area contributed by atoms with Crippen LogP contribution in [0.1, 0.15) is 19.8 Å². The minimum Gasteiger partial charge on any atom is -0.506 e. The van der Waals surface area contributed by atoms with Gasteiger partial charge in [-0.2, -0.15) is 0 Å². The van der Waals surface area contributed by atoms with Gasteiger partial charge in [0.25, 0.3) is 5.91 Å². The zero-order chi connectivity index (χ0) is 14.5. The van der Waals surface area contributed by atoms with E-state index in [1.165, 1.54) is 12.1 Å². The summed E-state index contributed by atoms with van der Waals surface area (Å²) in [5.74, 6) is -1.52. The molecule has 5 nitrogen and oxygen atoms in total. The summed E-state index contributed by atoms with van der Waals surface area (Å²) in [7, 11) is 0. The molecule has 1 aliphatic rings. The van der Waals surface area contributed by atoms with Crippen LogP contribution < -0.4 is 5.32 Å². The molecule has 110 valence electrons. The van der Waals surface area contributed by atoms with Gasteiger partial charge in [-0.3, -0.25) is 4.79 Å². The van der Waals surface area contributed by atoms with Crippen LogP contribution in [0.4, 0.5) is 10.1 Å². The van der Waals surface area contributed by atoms with Gasteiger partial charge in [-0.25, -0.2) is 4.39 Å². The monoisotopic (exact) mass is 283 g/mol. The highest BCUT2D eigenvalue weighted by Crippen LogP contribution is 2.26. The number of nitrogens with one attached hydrogen (secondary N) is 1. The molecule has 2 N–H and O–H groups in total. The molecule has 1 heterocycles. The predicted octanol–water partition coefficient (Wildman–Crippen LogP) is 2.05. The fourth-order valence-electron chi connectivity index (χ4n) is 1.96. The van der Waals surface area contributed by atoms with Gasteiger partial charge in [0.1, 0.15) is 17.5 Å². The molecule has 20 heavy (non-hydrogen) atoms. The number of para-hydroxylation sites is 1. The maximum Gasteiger partial charge on any atom is 0.253 e. The molecule has 1 aliphatic heterocycles. The number of hydrogen-bond acceptors (Lipinski definition) is 4. The van der Waals surface area contributed by atoms with Crippen LogP contribution in [0.15, 0.2) is 18.2 Å². The second-order valence-electron chi connectivity index (χ2n) is 4.73. The zero-order valence-electron chi connectivity index (χ0n) is 11.3. The number of rotatable bonds is 5. The maximum absolute atomic E-state index is 13.5. The van der Waals surface area contributed by atoms with Gasteiger partial charge in [0.15, 0.2) is 5.82 Å². The topological polar surface area (TPSA) is 67.8 Å². The fourth-order valence-corrected chi connectivity index (χ4v) is 1.96. The van der Waals surface area contributed by atoms with E-state index in [4.69, 9.17) is 9.47 Å². The fraction of sp³-hybridized carbons (Fsp3) is 0.500. The van der Waals surface area contributed by atoms with Crippen molar-refractivity contribution < 1.29 is 23.8 Å². The first-order valence-electron chi connectivity index (χ1n) is 6.59. The first kappa shape index (κ1) is 14.7. The smallest absolute Gasteiger partial charge is 0.253 e. The molecule has 0 saturated carbocycles. The van der Waals surface area contributed by atoms with Gasteiger partial charge in [0.05, 0.1) is 12.7 Å². The van der Waals surface area contributed by atoms with Gasteiger partial charge in [-0.05, 0) is 31.9 Å². The average Bonchev–Trinajstić information content (AvgIpc) is 2.93. The Balaban J connectivity index is 1.87. The summed E-state index contributed by atoms with van der Waals surface area (Å²) in [6.45, 7) is 2.62. The van der Waals surface area contributed by atoms with Crippen LogP contribution >= 0.6 is 0 Å². The molecule has 0 bridgehead atoms. The van der Waals surface area contributed by atoms with E-state index < -0.39 is 17.8 Å². The highest BCUT2D eigenvalue weighted by molar-refractivity contribution is 5.95. The predicted molar refractivity (Wildman–Crippen MR) is 71.1 cm³/mol. The van der Waals surface area contributed by atoms with Crippen LogP contribution in [-0.2, 0) is 14.3 Å². The largest absolute Gasteiger partial charge is 0.506 e. The van der Waals surface area contributed by atoms with Crippen molar-refractivity contribution in [3.8, 4) is 5.75 Å². The summed E-state index contributed by atoms with van der Waals surface area (Å²) in [6.07, 6.45) is 1.19. The summed E-state index contributed by atoms with van der Waals surface area (Å²) < 4.78 is 24.3. The molecule has 1 saturated heterocycles. The average molecular weight is 283 g/mol. The second-order valence-corrected chi connectivity index (χ2v) is 4.73. The number of phenolic OH excluding ortho intramolecular Hbond substituents is 1. The number of aromatic hydroxyl groups is 1. The summed E-state index contributed by atoms with van der Waals surface area (Å²) in [4.78, 5) is 11.9. The summed E-state index contributed by atoms with van der Waals surface area (Å²) in [5, 5.41) is 11.8. The van der Waals surface area contributed by atoms with Crippen LogP contribution in [0.25, 0.3) is 0 Å². The molecular formula is C14H18FNO4. The third kappa shape index (κ3) is 3.68. The Bertz CT molecular complexity index is 454. The highest BCUT2D eigenvalue weighted by Gasteiger charge is 2.21. The Morgan fingerprint density at radius 3 is 3.10 bits per heavy atom. The van der Waals surface area contributed by atoms with E-state index in [1.54, 1.807) is 6.92 Å². The first-order valence-corrected chi connectivity index (χ1v) is 6.59. The van der Waals surface area contributed by atoms with Crippen molar-refractivity contribution in [2.24, 2.45) is 0 Å². The van der Waals surface area contributed by atoms with Gasteiger partial charge in [-0.1, -0.05) is 6.07 Å². The van der Waals surface area contributed by atoms with Crippen molar-refractivity contribution in [1.29, 1.82) is 0 Å². The van der Waals surface area contributed by atoms with Crippen LogP contribution in [0.3, 0.4) is 0 Å². The van der Waals surface area contributed by atoms with Gasteiger partial charge < -0.3 is 19.9 Å². The number of benzene rings is 1. The number of carbonyl (C=O) groups excluding carboxylic acids is 1. The number of ether oxygens (including phenoxy) is 2. The van der Waals surface area contributed by atoms with Gasteiger partial charge >= 0.3 is 0 Å². The Labute approximate surface area is 116 Å². The van der Waals surface area contributed by atoms with E-state index in [0.29, 0.717) is 6.61 Å². The van der Waals surface area contributed by atoms with E-state index in [9.17, 15) is 14.3 Å². The number of phenols is 1. The van der Waals surface area contributed by atoms with Gasteiger partial charge in [0, 0.05) is 6.61 Å². The standard InChI is InChI=1S/C14H18FNO4/c1-9(20-8-10-4-3-7-19-10)14(18)16-13-11(15)5-2-6-12(13)17/h2,5-6,9-10,17H,3-4,7-8H2,1H3,(H,16,18)/t9-,10-/m0/s1. The van der Waals surface area contributed by atoms with Crippen molar-refractivity contribution in [3.63, 3.8) is 0 Å². The highest BCUT2D eigenvalue weighted by atomic mass is 19.1. The Morgan fingerprint density at radius 2 is 2.45 bits per heavy atom. The van der Waals surface area contributed by atoms with Crippen LogP contribution in [-0.4, -0.2) is 36.4 Å². The zero-order valence-corrected chi connectivity index (χ0v) is 11.3. The molecule has 1 aromatic carbocycles. The van der Waals surface area contributed by atoms with E-state index >= 15 is 0 Å². The molecular weight excluding hydrogens is 265 g/mol. The normalized spacial score (nSPS) is 19.8. The third-order valence-corrected chi connectivity index (χ3v) is 3.17. The Kier molecular flexibility index (Phi) is 4.92. The molecule has 2 atom stereocenters. The summed E-state index contributed by atoms with van der Waals surface area (Å²) in [6, 6.07) is 3.82. The maximum atomic E-state index is 13.5. The van der Waals surface area contributed by atoms with Crippen molar-refractivity contribution in [2.75, 3.05) is 18.5 Å².